The summed E-state index contributed by atoms with van der Waals surface area (Å²) in [5.74, 6) is 2.34. The third kappa shape index (κ3) is 18.8. The van der Waals surface area contributed by atoms with Gasteiger partial charge in [0.25, 0.3) is 0 Å². The van der Waals surface area contributed by atoms with E-state index in [1.165, 1.54) is 77.0 Å². The van der Waals surface area contributed by atoms with E-state index < -0.39 is 17.1 Å². The molecule has 1 amide bonds. The topological polar surface area (TPSA) is 212 Å². The predicted molar refractivity (Wildman–Crippen MR) is 205 cm³/mol. The molecule has 0 aliphatic heterocycles. The van der Waals surface area contributed by atoms with E-state index >= 15 is 0 Å². The molecule has 0 aromatic carbocycles. The van der Waals surface area contributed by atoms with Crippen molar-refractivity contribution >= 4 is 17.8 Å². The third-order valence-corrected chi connectivity index (χ3v) is 9.88. The molecule has 0 saturated heterocycles. The zero-order valence-electron chi connectivity index (χ0n) is 34.0. The lowest BCUT2D eigenvalue weighted by molar-refractivity contribution is -0.156. The summed E-state index contributed by atoms with van der Waals surface area (Å²) in [7, 11) is 0. The standard InChI is InChI=1S/C21H36N4O4.C19H33N3O3/c1-21(2,3)28-19(27)12-16(11-7-10-15-8-5-4-6-9-15)20-24-18(25-29-20)14-23-13-17(22)26;1-19(2,3)24-17(23)12-15(18-21-16(13-20)22-25-18)11-7-10-14-8-5-4-6-9-14/h15-16,23H,4-14H2,1-3H3,(H2,22,26);14-15H,4-13,20H2,1-3H3/t16-;15-/m11/s1. The van der Waals surface area contributed by atoms with Crippen LogP contribution in [0.15, 0.2) is 9.05 Å². The largest absolute Gasteiger partial charge is 0.460 e. The molecule has 306 valence electrons. The second-order valence-electron chi connectivity index (χ2n) is 17.2. The molecule has 2 atom stereocenters. The van der Waals surface area contributed by atoms with Gasteiger partial charge in [-0.05, 0) is 66.2 Å². The zero-order valence-corrected chi connectivity index (χ0v) is 34.0. The molecule has 4 rings (SSSR count). The fourth-order valence-electron chi connectivity index (χ4n) is 7.37. The van der Waals surface area contributed by atoms with Crippen molar-refractivity contribution in [1.82, 2.24) is 25.6 Å². The quantitative estimate of drug-likeness (QED) is 0.120. The van der Waals surface area contributed by atoms with E-state index in [0.29, 0.717) is 23.4 Å². The Morgan fingerprint density at radius 1 is 0.722 bits per heavy atom. The van der Waals surface area contributed by atoms with Gasteiger partial charge >= 0.3 is 11.9 Å². The molecule has 0 radical (unpaired) electrons. The van der Waals surface area contributed by atoms with Crippen LogP contribution in [0.2, 0.25) is 0 Å². The van der Waals surface area contributed by atoms with Gasteiger partial charge in [0.15, 0.2) is 11.6 Å². The first-order valence-electron chi connectivity index (χ1n) is 20.4. The number of nitrogens with zero attached hydrogens (tertiary/aromatic N) is 4. The average Bonchev–Trinajstić information content (AvgIpc) is 3.77. The maximum atomic E-state index is 12.4. The highest BCUT2D eigenvalue weighted by atomic mass is 16.6. The van der Waals surface area contributed by atoms with Crippen LogP contribution < -0.4 is 16.8 Å². The number of primary amides is 1. The van der Waals surface area contributed by atoms with E-state index in [9.17, 15) is 14.4 Å². The third-order valence-electron chi connectivity index (χ3n) is 9.88. The minimum atomic E-state index is -0.525. The molecule has 2 aliphatic rings. The van der Waals surface area contributed by atoms with E-state index in [1.807, 2.05) is 41.5 Å². The second-order valence-corrected chi connectivity index (χ2v) is 17.2. The number of rotatable bonds is 19. The fourth-order valence-corrected chi connectivity index (χ4v) is 7.37. The normalized spacial score (nSPS) is 16.9. The Balaban J connectivity index is 0.000000294. The molecule has 54 heavy (non-hydrogen) atoms. The fraction of sp³-hybridized carbons (Fsp3) is 0.825. The predicted octanol–water partition coefficient (Wildman–Crippen LogP) is 7.30. The number of esters is 2. The van der Waals surface area contributed by atoms with E-state index in [2.05, 4.69) is 25.6 Å². The highest BCUT2D eigenvalue weighted by molar-refractivity contribution is 5.75. The lowest BCUT2D eigenvalue weighted by Gasteiger charge is -2.23. The van der Waals surface area contributed by atoms with Gasteiger partial charge in [-0.15, -0.1) is 0 Å². The van der Waals surface area contributed by atoms with Crippen molar-refractivity contribution in [2.45, 2.75) is 193 Å². The Morgan fingerprint density at radius 3 is 1.54 bits per heavy atom. The van der Waals surface area contributed by atoms with Gasteiger partial charge in [0.1, 0.15) is 11.2 Å². The molecule has 2 aliphatic carbocycles. The van der Waals surface area contributed by atoms with Gasteiger partial charge in [-0.1, -0.05) is 100 Å². The molecule has 2 fully saturated rings. The number of ether oxygens (including phenoxy) is 2. The molecular weight excluding hydrogens is 690 g/mol. The van der Waals surface area contributed by atoms with Crippen LogP contribution in [-0.4, -0.2) is 55.9 Å². The number of hydrogen-bond donors (Lipinski definition) is 3. The molecule has 14 heteroatoms. The average molecular weight is 760 g/mol. The van der Waals surface area contributed by atoms with Gasteiger partial charge in [-0.3, -0.25) is 14.4 Å². The van der Waals surface area contributed by atoms with Crippen molar-refractivity contribution in [2.24, 2.45) is 23.3 Å². The van der Waals surface area contributed by atoms with Crippen molar-refractivity contribution in [3.63, 3.8) is 0 Å². The van der Waals surface area contributed by atoms with Crippen LogP contribution in [0.25, 0.3) is 0 Å². The van der Waals surface area contributed by atoms with Gasteiger partial charge in [0.2, 0.25) is 17.7 Å². The summed E-state index contributed by atoms with van der Waals surface area (Å²) in [5.41, 5.74) is 9.67. The summed E-state index contributed by atoms with van der Waals surface area (Å²) in [6.45, 7) is 11.8. The number of hydrogen-bond acceptors (Lipinski definition) is 13. The van der Waals surface area contributed by atoms with E-state index in [-0.39, 0.29) is 56.3 Å². The van der Waals surface area contributed by atoms with Crippen LogP contribution in [0.3, 0.4) is 0 Å². The van der Waals surface area contributed by atoms with Crippen LogP contribution in [0.4, 0.5) is 0 Å². The van der Waals surface area contributed by atoms with Crippen molar-refractivity contribution in [3.8, 4) is 0 Å². The lowest BCUT2D eigenvalue weighted by Crippen LogP contribution is -2.28. The second kappa shape index (κ2) is 22.9. The molecule has 2 aromatic rings. The van der Waals surface area contributed by atoms with Gasteiger partial charge in [0.05, 0.1) is 32.5 Å². The molecular formula is C40H69N7O7. The molecule has 2 aromatic heterocycles. The highest BCUT2D eigenvalue weighted by Crippen LogP contribution is 2.33. The van der Waals surface area contributed by atoms with Crippen molar-refractivity contribution in [2.75, 3.05) is 6.54 Å². The summed E-state index contributed by atoms with van der Waals surface area (Å²) >= 11 is 0. The molecule has 0 spiro atoms. The Morgan fingerprint density at radius 2 is 1.15 bits per heavy atom. The van der Waals surface area contributed by atoms with Gasteiger partial charge in [0, 0.05) is 11.8 Å². The molecule has 2 saturated carbocycles. The monoisotopic (exact) mass is 760 g/mol. The first-order valence-corrected chi connectivity index (χ1v) is 20.4. The Bertz CT molecular complexity index is 1390. The van der Waals surface area contributed by atoms with Crippen LogP contribution in [0.1, 0.15) is 192 Å². The number of nitrogens with two attached hydrogens (primary N) is 2. The molecule has 5 N–H and O–H groups in total. The van der Waals surface area contributed by atoms with Crippen LogP contribution >= 0.6 is 0 Å². The molecule has 14 nitrogen and oxygen atoms in total. The Kier molecular flexibility index (Phi) is 19.1. The van der Waals surface area contributed by atoms with Crippen molar-refractivity contribution in [1.29, 1.82) is 0 Å². The zero-order chi connectivity index (χ0) is 39.6. The number of carbonyl (C=O) groups is 3. The minimum Gasteiger partial charge on any atom is -0.460 e. The summed E-state index contributed by atoms with van der Waals surface area (Å²) in [5, 5.41) is 10.7. The smallest absolute Gasteiger partial charge is 0.307 e. The number of amides is 1. The highest BCUT2D eigenvalue weighted by Gasteiger charge is 2.28. The van der Waals surface area contributed by atoms with E-state index in [4.69, 9.17) is 30.0 Å². The maximum Gasteiger partial charge on any atom is 0.307 e. The number of aromatic nitrogens is 4. The Labute approximate surface area is 322 Å². The van der Waals surface area contributed by atoms with Crippen LogP contribution in [0.5, 0.6) is 0 Å². The van der Waals surface area contributed by atoms with Crippen molar-refractivity contribution in [3.05, 3.63) is 23.4 Å². The first-order chi connectivity index (χ1) is 25.6. The summed E-state index contributed by atoms with van der Waals surface area (Å²) in [6, 6.07) is 0. The first kappa shape index (κ1) is 45.0. The number of nitrogens with one attached hydrogen (secondary N) is 1. The minimum absolute atomic E-state index is 0.0482. The Hall–Kier alpha value is -3.39. The summed E-state index contributed by atoms with van der Waals surface area (Å²) in [6.07, 6.45) is 20.1. The lowest BCUT2D eigenvalue weighted by atomic mass is 9.84. The summed E-state index contributed by atoms with van der Waals surface area (Å²) in [4.78, 5) is 44.2. The molecule has 2 heterocycles. The van der Waals surface area contributed by atoms with Crippen molar-refractivity contribution < 1.29 is 32.9 Å². The maximum absolute atomic E-state index is 12.4. The van der Waals surface area contributed by atoms with Gasteiger partial charge in [-0.25, -0.2) is 0 Å². The van der Waals surface area contributed by atoms with Gasteiger partial charge in [-0.2, -0.15) is 9.97 Å². The SMILES string of the molecule is CC(C)(C)OC(=O)C[C@@H](CCCC1CCCCC1)c1nc(CN)no1.CC(C)(C)OC(=O)C[C@@H](CCCC1CCCCC1)c1nc(CNCC(N)=O)no1. The molecule has 0 bridgehead atoms. The van der Waals surface area contributed by atoms with Crippen LogP contribution in [-0.2, 0) is 36.9 Å². The summed E-state index contributed by atoms with van der Waals surface area (Å²) < 4.78 is 21.7. The van der Waals surface area contributed by atoms with E-state index in [0.717, 1.165) is 37.5 Å². The number of carbonyl (C=O) groups excluding carboxylic acids is 3. The van der Waals surface area contributed by atoms with E-state index in [1.54, 1.807) is 0 Å². The van der Waals surface area contributed by atoms with Gasteiger partial charge < -0.3 is 35.3 Å². The molecule has 0 unspecified atom stereocenters. The van der Waals surface area contributed by atoms with Crippen LogP contribution in [0, 0.1) is 11.8 Å².